The molecule has 0 amide bonds. The van der Waals surface area contributed by atoms with Crippen molar-refractivity contribution < 1.29 is 9.50 Å². The first-order chi connectivity index (χ1) is 17.5. The molecule has 1 saturated carbocycles. The van der Waals surface area contributed by atoms with Gasteiger partial charge in [0.05, 0.1) is 18.3 Å². The Balaban J connectivity index is 1.34. The summed E-state index contributed by atoms with van der Waals surface area (Å²) in [4.78, 5) is 9.48. The van der Waals surface area contributed by atoms with Crippen molar-refractivity contribution >= 4 is 11.4 Å². The van der Waals surface area contributed by atoms with Crippen LogP contribution in [0.4, 0.5) is 4.39 Å². The number of rotatable bonds is 5. The zero-order chi connectivity index (χ0) is 24.6. The minimum absolute atomic E-state index is 0.323. The van der Waals surface area contributed by atoms with Crippen LogP contribution in [0.5, 0.6) is 0 Å². The van der Waals surface area contributed by atoms with E-state index >= 15 is 0 Å². The third-order valence-electron chi connectivity index (χ3n) is 6.69. The van der Waals surface area contributed by atoms with Crippen molar-refractivity contribution in [3.63, 3.8) is 0 Å². The topological polar surface area (TPSA) is 80.6 Å². The largest absolute Gasteiger partial charge is 0.387 e. The molecule has 180 valence electrons. The van der Waals surface area contributed by atoms with Gasteiger partial charge in [-0.15, -0.1) is 10.2 Å². The minimum Gasteiger partial charge on any atom is -0.387 e. The lowest BCUT2D eigenvalue weighted by atomic mass is 9.97. The average molecular weight is 481 g/mol. The Labute approximate surface area is 207 Å². The van der Waals surface area contributed by atoms with Crippen LogP contribution in [0.2, 0.25) is 0 Å². The van der Waals surface area contributed by atoms with E-state index in [-0.39, 0.29) is 5.82 Å². The number of fused-ring (bicyclic) bond motifs is 1. The van der Waals surface area contributed by atoms with E-state index in [1.807, 2.05) is 54.2 Å². The Morgan fingerprint density at radius 1 is 1.08 bits per heavy atom. The number of aromatic nitrogens is 5. The van der Waals surface area contributed by atoms with Gasteiger partial charge in [-0.1, -0.05) is 24.3 Å². The molecule has 0 spiro atoms. The van der Waals surface area contributed by atoms with Gasteiger partial charge in [0.15, 0.2) is 5.82 Å². The van der Waals surface area contributed by atoms with E-state index in [0.717, 1.165) is 58.6 Å². The molecule has 7 nitrogen and oxygen atoms in total. The zero-order valence-electron chi connectivity index (χ0n) is 19.8. The third kappa shape index (κ3) is 4.20. The van der Waals surface area contributed by atoms with E-state index in [1.54, 1.807) is 17.0 Å². The number of halogens is 1. The fraction of sp³-hybridized carbons (Fsp3) is 0.214. The molecule has 1 N–H and O–H groups in total. The molecule has 2 aromatic carbocycles. The third-order valence-corrected chi connectivity index (χ3v) is 6.69. The number of nitrogens with zero attached hydrogens (tertiary/aromatic N) is 6. The number of hydrogen-bond acceptors (Lipinski definition) is 5. The molecule has 36 heavy (non-hydrogen) atoms. The average Bonchev–Trinajstić information content (AvgIpc) is 3.62. The number of aliphatic hydroxyl groups excluding tert-OH is 1. The Morgan fingerprint density at radius 2 is 1.97 bits per heavy atom. The van der Waals surface area contributed by atoms with Gasteiger partial charge in [-0.3, -0.25) is 4.99 Å². The van der Waals surface area contributed by atoms with Crippen LogP contribution in [0.25, 0.3) is 39.4 Å². The maximum Gasteiger partial charge on any atom is 0.164 e. The van der Waals surface area contributed by atoms with Crippen LogP contribution < -0.4 is 0 Å². The SMILES string of the molecule is Cn1cnnc1-c1cc(F)ccc1-c1cccc(-c2cn3ccc(CN=C4CCC[C@@H]4O)cc3n2)c1. The standard InChI is InChI=1S/C28H25FN6O/c1-34-17-31-33-28(34)23-14-21(29)8-9-22(23)19-4-2-5-20(13-19)25-16-35-11-10-18(12-27(35)32-25)15-30-24-6-3-7-26(24)36/h2,4-5,8-14,16-17,26,36H,3,6-7,15H2,1H3/t26-/m0/s1. The van der Waals surface area contributed by atoms with Crippen LogP contribution in [0.1, 0.15) is 24.8 Å². The van der Waals surface area contributed by atoms with Crippen molar-refractivity contribution in [3.05, 3.63) is 84.7 Å². The van der Waals surface area contributed by atoms with Gasteiger partial charge in [-0.25, -0.2) is 9.37 Å². The number of imidazole rings is 1. The van der Waals surface area contributed by atoms with E-state index in [4.69, 9.17) is 4.98 Å². The predicted octanol–water partition coefficient (Wildman–Crippen LogP) is 5.09. The molecular weight excluding hydrogens is 455 g/mol. The molecule has 0 aliphatic heterocycles. The van der Waals surface area contributed by atoms with Crippen LogP contribution in [0, 0.1) is 5.82 Å². The molecule has 1 atom stereocenters. The van der Waals surface area contributed by atoms with Crippen LogP contribution in [-0.2, 0) is 13.6 Å². The Bertz CT molecular complexity index is 1600. The Hall–Kier alpha value is -4.17. The number of aliphatic hydroxyl groups is 1. The van der Waals surface area contributed by atoms with E-state index in [0.29, 0.717) is 17.9 Å². The predicted molar refractivity (Wildman–Crippen MR) is 137 cm³/mol. The molecule has 3 aromatic heterocycles. The number of aliphatic imine (C=N–C) groups is 1. The lowest BCUT2D eigenvalue weighted by Gasteiger charge is -2.10. The fourth-order valence-corrected chi connectivity index (χ4v) is 4.77. The smallest absolute Gasteiger partial charge is 0.164 e. The molecule has 1 aliphatic carbocycles. The molecule has 0 saturated heterocycles. The molecule has 1 aliphatic rings. The highest BCUT2D eigenvalue weighted by molar-refractivity contribution is 5.90. The summed E-state index contributed by atoms with van der Waals surface area (Å²) in [6.07, 6.45) is 7.88. The zero-order valence-corrected chi connectivity index (χ0v) is 19.8. The van der Waals surface area contributed by atoms with Gasteiger partial charge in [-0.2, -0.15) is 0 Å². The van der Waals surface area contributed by atoms with Crippen molar-refractivity contribution in [2.45, 2.75) is 31.9 Å². The van der Waals surface area contributed by atoms with Crippen molar-refractivity contribution in [2.24, 2.45) is 12.0 Å². The van der Waals surface area contributed by atoms with E-state index in [9.17, 15) is 9.50 Å². The Morgan fingerprint density at radius 3 is 2.78 bits per heavy atom. The summed E-state index contributed by atoms with van der Waals surface area (Å²) in [5.74, 6) is 0.278. The maximum absolute atomic E-state index is 14.2. The fourth-order valence-electron chi connectivity index (χ4n) is 4.77. The molecule has 1 fully saturated rings. The molecule has 8 heteroatoms. The number of pyridine rings is 1. The summed E-state index contributed by atoms with van der Waals surface area (Å²) in [6, 6.07) is 16.9. The second-order valence-corrected chi connectivity index (χ2v) is 9.18. The van der Waals surface area contributed by atoms with Crippen LogP contribution >= 0.6 is 0 Å². The van der Waals surface area contributed by atoms with Crippen molar-refractivity contribution in [3.8, 4) is 33.8 Å². The van der Waals surface area contributed by atoms with Crippen molar-refractivity contribution in [2.75, 3.05) is 0 Å². The summed E-state index contributed by atoms with van der Waals surface area (Å²) < 4.78 is 17.9. The van der Waals surface area contributed by atoms with Gasteiger partial charge in [0.25, 0.3) is 0 Å². The highest BCUT2D eigenvalue weighted by Crippen LogP contribution is 2.33. The van der Waals surface area contributed by atoms with Crippen LogP contribution in [0.15, 0.2) is 78.3 Å². The van der Waals surface area contributed by atoms with E-state index in [1.165, 1.54) is 12.1 Å². The highest BCUT2D eigenvalue weighted by atomic mass is 19.1. The first-order valence-corrected chi connectivity index (χ1v) is 12.0. The lowest BCUT2D eigenvalue weighted by Crippen LogP contribution is -2.12. The van der Waals surface area contributed by atoms with Gasteiger partial charge in [0.1, 0.15) is 17.8 Å². The molecule has 0 bridgehead atoms. The van der Waals surface area contributed by atoms with Crippen LogP contribution in [-0.4, -0.2) is 41.1 Å². The number of aryl methyl sites for hydroxylation is 1. The van der Waals surface area contributed by atoms with Gasteiger partial charge in [-0.05, 0) is 66.3 Å². The monoisotopic (exact) mass is 480 g/mol. The number of benzene rings is 2. The summed E-state index contributed by atoms with van der Waals surface area (Å²) in [7, 11) is 1.84. The van der Waals surface area contributed by atoms with Crippen molar-refractivity contribution in [1.82, 2.24) is 24.1 Å². The number of hydrogen-bond donors (Lipinski definition) is 1. The first kappa shape index (κ1) is 22.3. The maximum atomic E-state index is 14.2. The molecule has 3 heterocycles. The van der Waals surface area contributed by atoms with Gasteiger partial charge >= 0.3 is 0 Å². The normalized spacial score (nSPS) is 16.9. The lowest BCUT2D eigenvalue weighted by molar-refractivity contribution is 0.242. The van der Waals surface area contributed by atoms with Gasteiger partial charge in [0.2, 0.25) is 0 Å². The molecule has 6 rings (SSSR count). The van der Waals surface area contributed by atoms with E-state index in [2.05, 4.69) is 21.3 Å². The molecule has 0 unspecified atom stereocenters. The van der Waals surface area contributed by atoms with Crippen LogP contribution in [0.3, 0.4) is 0 Å². The second-order valence-electron chi connectivity index (χ2n) is 9.18. The molecule has 0 radical (unpaired) electrons. The summed E-state index contributed by atoms with van der Waals surface area (Å²) in [5.41, 5.74) is 7.08. The summed E-state index contributed by atoms with van der Waals surface area (Å²) in [6.45, 7) is 0.538. The quantitative estimate of drug-likeness (QED) is 0.380. The summed E-state index contributed by atoms with van der Waals surface area (Å²) in [5, 5.41) is 18.1. The van der Waals surface area contributed by atoms with Gasteiger partial charge < -0.3 is 14.1 Å². The minimum atomic E-state index is -0.394. The summed E-state index contributed by atoms with van der Waals surface area (Å²) >= 11 is 0. The second kappa shape index (κ2) is 9.13. The van der Waals surface area contributed by atoms with E-state index < -0.39 is 6.10 Å². The Kier molecular flexibility index (Phi) is 5.65. The molecule has 5 aromatic rings. The van der Waals surface area contributed by atoms with Crippen molar-refractivity contribution in [1.29, 1.82) is 0 Å². The first-order valence-electron chi connectivity index (χ1n) is 12.0. The highest BCUT2D eigenvalue weighted by Gasteiger charge is 2.19. The molecular formula is C28H25FN6O. The van der Waals surface area contributed by atoms with Gasteiger partial charge in [0, 0.05) is 36.3 Å².